The van der Waals surface area contributed by atoms with Crippen LogP contribution in [0.4, 0.5) is 24.8 Å². The Kier molecular flexibility index (Phi) is 5.45. The number of nitrogens with one attached hydrogen (secondary N) is 2. The number of hydrogen-bond acceptors (Lipinski definition) is 8. The molecule has 0 saturated carbocycles. The highest BCUT2D eigenvalue weighted by Crippen LogP contribution is 2.28. The summed E-state index contributed by atoms with van der Waals surface area (Å²) in [6.07, 6.45) is -2.60. The van der Waals surface area contributed by atoms with E-state index in [9.17, 15) is 27.9 Å². The lowest BCUT2D eigenvalue weighted by molar-refractivity contribution is -0.145. The van der Waals surface area contributed by atoms with Gasteiger partial charge < -0.3 is 25.2 Å². The van der Waals surface area contributed by atoms with Gasteiger partial charge in [-0.25, -0.2) is 19.9 Å². The number of aliphatic hydroxyl groups is 1. The number of nitrogens with zero attached hydrogens (tertiary/aromatic N) is 6. The summed E-state index contributed by atoms with van der Waals surface area (Å²) in [7, 11) is 1.53. The van der Waals surface area contributed by atoms with Crippen LogP contribution in [0.2, 0.25) is 0 Å². The molecule has 33 heavy (non-hydrogen) atoms. The van der Waals surface area contributed by atoms with Crippen LogP contribution >= 0.6 is 0 Å². The minimum Gasteiger partial charge on any atom is -0.356 e. The first-order valence-corrected chi connectivity index (χ1v) is 9.52. The van der Waals surface area contributed by atoms with Gasteiger partial charge in [0.2, 0.25) is 18.1 Å². The minimum atomic E-state index is -4.66. The maximum Gasteiger partial charge on any atom is 0.451 e. The van der Waals surface area contributed by atoms with Crippen LogP contribution < -0.4 is 15.5 Å². The van der Waals surface area contributed by atoms with Crippen LogP contribution in [0.5, 0.6) is 0 Å². The fourth-order valence-corrected chi connectivity index (χ4v) is 3.15. The lowest BCUT2D eigenvalue weighted by atomic mass is 10.2. The van der Waals surface area contributed by atoms with Crippen LogP contribution in [0, 0.1) is 0 Å². The number of fused-ring (bicyclic) bond motifs is 1. The van der Waals surface area contributed by atoms with Crippen molar-refractivity contribution >= 4 is 23.5 Å². The van der Waals surface area contributed by atoms with Crippen molar-refractivity contribution in [3.05, 3.63) is 48.4 Å². The predicted octanol–water partition coefficient (Wildman–Crippen LogP) is 1.41. The van der Waals surface area contributed by atoms with Crippen molar-refractivity contribution in [1.82, 2.24) is 29.8 Å². The van der Waals surface area contributed by atoms with Gasteiger partial charge in [0, 0.05) is 25.0 Å². The molecule has 0 radical (unpaired) electrons. The summed E-state index contributed by atoms with van der Waals surface area (Å²) in [4.78, 5) is 41.4. The molecule has 0 aliphatic carbocycles. The van der Waals surface area contributed by atoms with E-state index in [-0.39, 0.29) is 28.6 Å². The van der Waals surface area contributed by atoms with E-state index in [1.54, 1.807) is 13.0 Å². The molecule has 0 fully saturated rings. The smallest absolute Gasteiger partial charge is 0.356 e. The predicted molar refractivity (Wildman–Crippen MR) is 108 cm³/mol. The van der Waals surface area contributed by atoms with Crippen LogP contribution in [0.15, 0.2) is 36.9 Å². The number of amides is 2. The molecule has 4 rings (SSSR count). The highest BCUT2D eigenvalue weighted by molar-refractivity contribution is 6.00. The Morgan fingerprint density at radius 1 is 1.24 bits per heavy atom. The monoisotopic (exact) mass is 462 g/mol. The van der Waals surface area contributed by atoms with E-state index in [1.807, 2.05) is 0 Å². The van der Waals surface area contributed by atoms with Gasteiger partial charge in [0.15, 0.2) is 11.5 Å². The van der Waals surface area contributed by atoms with Crippen molar-refractivity contribution in [1.29, 1.82) is 0 Å². The number of aromatic nitrogens is 5. The van der Waals surface area contributed by atoms with Gasteiger partial charge in [-0.3, -0.25) is 9.59 Å². The van der Waals surface area contributed by atoms with Crippen molar-refractivity contribution < 1.29 is 27.9 Å². The molecule has 4 heterocycles. The Hall–Kier alpha value is -4.07. The van der Waals surface area contributed by atoms with Crippen molar-refractivity contribution in [2.24, 2.45) is 0 Å². The molecule has 1 unspecified atom stereocenters. The zero-order valence-electron chi connectivity index (χ0n) is 17.2. The van der Waals surface area contributed by atoms with E-state index in [0.29, 0.717) is 0 Å². The molecule has 172 valence electrons. The third-order valence-electron chi connectivity index (χ3n) is 4.95. The number of carbonyl (C=O) groups excluding carboxylic acids is 2. The summed E-state index contributed by atoms with van der Waals surface area (Å²) in [6.45, 7) is 1.54. The highest BCUT2D eigenvalue weighted by Gasteiger charge is 2.35. The third kappa shape index (κ3) is 4.19. The van der Waals surface area contributed by atoms with Crippen molar-refractivity contribution in [3.63, 3.8) is 0 Å². The van der Waals surface area contributed by atoms with Crippen LogP contribution in [0.3, 0.4) is 0 Å². The minimum absolute atomic E-state index is 0.106. The molecule has 1 aliphatic heterocycles. The van der Waals surface area contributed by atoms with Crippen molar-refractivity contribution in [2.75, 3.05) is 17.3 Å². The maximum absolute atomic E-state index is 12.8. The summed E-state index contributed by atoms with van der Waals surface area (Å²) in [5, 5.41) is 14.8. The average molecular weight is 462 g/mol. The Labute approximate surface area is 184 Å². The molecule has 2 amide bonds. The fourth-order valence-electron chi connectivity index (χ4n) is 3.15. The molecule has 0 spiro atoms. The number of pyridine rings is 1. The Morgan fingerprint density at radius 2 is 1.94 bits per heavy atom. The molecule has 3 aromatic heterocycles. The molecular formula is C19H17F3N8O3. The Morgan fingerprint density at radius 3 is 2.61 bits per heavy atom. The van der Waals surface area contributed by atoms with E-state index in [1.165, 1.54) is 35.0 Å². The quantitative estimate of drug-likeness (QED) is 0.529. The lowest BCUT2D eigenvalue weighted by Gasteiger charge is -2.30. The van der Waals surface area contributed by atoms with Crippen LogP contribution in [-0.4, -0.2) is 54.8 Å². The number of imidazole rings is 1. The summed E-state index contributed by atoms with van der Waals surface area (Å²) in [5.74, 6) is -2.03. The summed E-state index contributed by atoms with van der Waals surface area (Å²) >= 11 is 0. The van der Waals surface area contributed by atoms with Crippen LogP contribution in [0.1, 0.15) is 29.3 Å². The number of hydrogen-bond donors (Lipinski definition) is 3. The largest absolute Gasteiger partial charge is 0.451 e. The number of carbonyl (C=O) groups is 2. The van der Waals surface area contributed by atoms with Gasteiger partial charge >= 0.3 is 6.18 Å². The third-order valence-corrected chi connectivity index (χ3v) is 4.95. The fraction of sp³-hybridized carbons (Fsp3) is 0.263. The molecule has 14 heteroatoms. The summed E-state index contributed by atoms with van der Waals surface area (Å²) in [6, 6.07) is 3.71. The standard InChI is InChI=1S/C19H17F3N8O3/c1-9(30-8-25-14-13(30)16(32)28-18(33)29(14)2)15(31)27-12-5-3-4-11(26-12)10-6-23-17(24-7-10)19(20,21)22/h3-9,18,33H,1-2H3,(H,28,32)(H,26,27,31)/t9-,18?/m0/s1. The molecule has 3 N–H and O–H groups in total. The molecule has 11 nitrogen and oxygen atoms in total. The highest BCUT2D eigenvalue weighted by atomic mass is 19.4. The molecule has 0 saturated heterocycles. The Balaban J connectivity index is 1.53. The van der Waals surface area contributed by atoms with Gasteiger partial charge in [0.25, 0.3) is 5.91 Å². The molecule has 1 aliphatic rings. The van der Waals surface area contributed by atoms with E-state index in [0.717, 1.165) is 12.4 Å². The van der Waals surface area contributed by atoms with Crippen molar-refractivity contribution in [3.8, 4) is 11.3 Å². The molecule has 3 aromatic rings. The summed E-state index contributed by atoms with van der Waals surface area (Å²) < 4.78 is 39.3. The zero-order valence-corrected chi connectivity index (χ0v) is 17.2. The van der Waals surface area contributed by atoms with Crippen LogP contribution in [0.25, 0.3) is 11.3 Å². The number of alkyl halides is 3. The second-order valence-electron chi connectivity index (χ2n) is 7.15. The second kappa shape index (κ2) is 8.12. The number of aliphatic hydroxyl groups excluding tert-OH is 1. The first-order valence-electron chi connectivity index (χ1n) is 9.52. The number of anilines is 2. The SMILES string of the molecule is C[C@@H](C(=O)Nc1cccc(-c2cnc(C(F)(F)F)nc2)n1)n1cnc2c1C(=O)NC(O)N2C. The van der Waals surface area contributed by atoms with Gasteiger partial charge in [0.05, 0.1) is 12.0 Å². The van der Waals surface area contributed by atoms with E-state index in [4.69, 9.17) is 0 Å². The number of rotatable bonds is 4. The normalized spacial score (nSPS) is 16.7. The Bertz CT molecular complexity index is 1210. The molecule has 2 atom stereocenters. The summed E-state index contributed by atoms with van der Waals surface area (Å²) in [5.41, 5.74) is 0.590. The maximum atomic E-state index is 12.8. The van der Waals surface area contributed by atoms with Gasteiger partial charge in [0.1, 0.15) is 11.9 Å². The van der Waals surface area contributed by atoms with E-state index >= 15 is 0 Å². The molecule has 0 aromatic carbocycles. The second-order valence-corrected chi connectivity index (χ2v) is 7.15. The molecular weight excluding hydrogens is 445 g/mol. The first-order chi connectivity index (χ1) is 15.6. The number of halogens is 3. The van der Waals surface area contributed by atoms with Gasteiger partial charge in [-0.05, 0) is 19.1 Å². The average Bonchev–Trinajstić information content (AvgIpc) is 3.22. The van der Waals surface area contributed by atoms with Crippen molar-refractivity contribution in [2.45, 2.75) is 25.5 Å². The van der Waals surface area contributed by atoms with Gasteiger partial charge in [-0.1, -0.05) is 6.07 Å². The topological polar surface area (TPSA) is 138 Å². The van der Waals surface area contributed by atoms with Gasteiger partial charge in [-0.2, -0.15) is 13.2 Å². The zero-order chi connectivity index (χ0) is 23.9. The molecule has 0 bridgehead atoms. The van der Waals surface area contributed by atoms with E-state index in [2.05, 4.69) is 30.6 Å². The van der Waals surface area contributed by atoms with Crippen LogP contribution in [-0.2, 0) is 11.0 Å². The van der Waals surface area contributed by atoms with Gasteiger partial charge in [-0.15, -0.1) is 0 Å². The van der Waals surface area contributed by atoms with E-state index < -0.39 is 36.2 Å². The lowest BCUT2D eigenvalue weighted by Crippen LogP contribution is -2.51. The first kappa shape index (κ1) is 22.1.